The van der Waals surface area contributed by atoms with Crippen LogP contribution in [0, 0.1) is 11.8 Å². The largest absolute Gasteiger partial charge is 0.488 e. The van der Waals surface area contributed by atoms with Crippen molar-refractivity contribution in [2.45, 2.75) is 64.1 Å². The molecule has 4 aliphatic rings. The fourth-order valence-corrected chi connectivity index (χ4v) is 7.78. The minimum Gasteiger partial charge on any atom is -0.488 e. The molecule has 4 atom stereocenters. The number of rotatable bonds is 6. The third-order valence-corrected chi connectivity index (χ3v) is 10.2. The van der Waals surface area contributed by atoms with E-state index in [-0.39, 0.29) is 30.4 Å². The van der Waals surface area contributed by atoms with Gasteiger partial charge in [0.25, 0.3) is 5.91 Å². The highest BCUT2D eigenvalue weighted by Gasteiger charge is 2.44. The molecular formula is C32H36BrN3O6. The van der Waals surface area contributed by atoms with Crippen LogP contribution in [-0.4, -0.2) is 75.8 Å². The third-order valence-electron chi connectivity index (χ3n) is 9.43. The topological polar surface area (TPSA) is 107 Å². The summed E-state index contributed by atoms with van der Waals surface area (Å²) >= 11 is 3.72. The summed E-state index contributed by atoms with van der Waals surface area (Å²) in [5, 5.41) is 9.97. The second kappa shape index (κ2) is 11.7. The van der Waals surface area contributed by atoms with E-state index in [0.717, 1.165) is 34.0 Å². The van der Waals surface area contributed by atoms with Gasteiger partial charge in [-0.1, -0.05) is 47.0 Å². The molecule has 0 bridgehead atoms. The van der Waals surface area contributed by atoms with Crippen LogP contribution < -0.4 is 4.74 Å². The number of nitrogens with zero attached hydrogens (tertiary/aromatic N) is 3. The number of likely N-dealkylation sites (tertiary alicyclic amines) is 1. The molecule has 1 unspecified atom stereocenters. The van der Waals surface area contributed by atoms with Crippen molar-refractivity contribution in [2.24, 2.45) is 11.8 Å². The Morgan fingerprint density at radius 3 is 2.50 bits per heavy atom. The van der Waals surface area contributed by atoms with Gasteiger partial charge in [-0.25, -0.2) is 0 Å². The summed E-state index contributed by atoms with van der Waals surface area (Å²) in [7, 11) is 0. The van der Waals surface area contributed by atoms with Gasteiger partial charge in [0.2, 0.25) is 11.8 Å². The van der Waals surface area contributed by atoms with Crippen LogP contribution in [0.4, 0.5) is 0 Å². The lowest BCUT2D eigenvalue weighted by atomic mass is 9.77. The lowest BCUT2D eigenvalue weighted by Crippen LogP contribution is -2.50. The van der Waals surface area contributed by atoms with Crippen LogP contribution in [0.2, 0.25) is 0 Å². The molecule has 9 nitrogen and oxygen atoms in total. The zero-order chi connectivity index (χ0) is 29.5. The molecule has 6 rings (SSSR count). The Labute approximate surface area is 253 Å². The summed E-state index contributed by atoms with van der Waals surface area (Å²) in [4.78, 5) is 57.3. The monoisotopic (exact) mass is 637 g/mol. The van der Waals surface area contributed by atoms with Crippen LogP contribution >= 0.6 is 15.9 Å². The number of hydrogen-bond acceptors (Lipinski definition) is 5. The Morgan fingerprint density at radius 1 is 1.02 bits per heavy atom. The van der Waals surface area contributed by atoms with Crippen molar-refractivity contribution in [3.63, 3.8) is 0 Å². The molecule has 2 aromatic rings. The van der Waals surface area contributed by atoms with Crippen molar-refractivity contribution in [1.29, 1.82) is 0 Å². The second-order valence-corrected chi connectivity index (χ2v) is 12.8. The molecule has 0 radical (unpaired) electrons. The van der Waals surface area contributed by atoms with Gasteiger partial charge in [0, 0.05) is 55.1 Å². The number of hydrogen-bond donors (Lipinski definition) is 1. The molecule has 1 N–H and O–H groups in total. The van der Waals surface area contributed by atoms with Crippen molar-refractivity contribution >= 4 is 39.6 Å². The Kier molecular flexibility index (Phi) is 8.00. The van der Waals surface area contributed by atoms with Crippen LogP contribution in [0.3, 0.4) is 0 Å². The Hall–Kier alpha value is -3.40. The standard InChI is InChI=1S/C32H36BrN3O6/c1-19(37)34-14-12-21(17-34)42-28-11-10-26(33)25-13-15-36(31(39)23-8-4-5-9-24(23)32(40)41)27(29(25)28)18-35-16-20-6-2-3-7-22(20)30(35)38/h2-3,6-7,10-11,21,23-24,27H,4-5,8-9,12-18H2,1H3,(H,40,41)/t21?,23-,24+,27-/m1/s1. The highest BCUT2D eigenvalue weighted by atomic mass is 79.9. The van der Waals surface area contributed by atoms with Gasteiger partial charge in [-0.3, -0.25) is 19.2 Å². The third kappa shape index (κ3) is 5.29. The molecule has 0 aromatic heterocycles. The number of carboxylic acids is 1. The van der Waals surface area contributed by atoms with Gasteiger partial charge in [-0.15, -0.1) is 0 Å². The van der Waals surface area contributed by atoms with Crippen LogP contribution in [0.5, 0.6) is 5.75 Å². The number of fused-ring (bicyclic) bond motifs is 2. The van der Waals surface area contributed by atoms with Gasteiger partial charge in [0.1, 0.15) is 11.9 Å². The SMILES string of the molecule is CC(=O)N1CCC(Oc2ccc(Br)c3c2[C@@H](CN2Cc4ccccc4C2=O)N(C(=O)[C@@H]2CCCC[C@@H]2C(=O)O)CC3)C1. The zero-order valence-corrected chi connectivity index (χ0v) is 25.3. The highest BCUT2D eigenvalue weighted by Crippen LogP contribution is 2.44. The van der Waals surface area contributed by atoms with Crippen molar-refractivity contribution in [3.05, 3.63) is 63.1 Å². The van der Waals surface area contributed by atoms with E-state index in [1.54, 1.807) is 16.7 Å². The normalized spacial score (nSPS) is 25.3. The number of carbonyl (C=O) groups excluding carboxylic acids is 3. The smallest absolute Gasteiger partial charge is 0.307 e. The molecule has 1 saturated carbocycles. The molecule has 3 heterocycles. The van der Waals surface area contributed by atoms with E-state index in [1.165, 1.54) is 0 Å². The van der Waals surface area contributed by atoms with E-state index in [0.29, 0.717) is 63.2 Å². The number of ether oxygens (including phenoxy) is 1. The first kappa shape index (κ1) is 28.7. The number of carbonyl (C=O) groups is 4. The van der Waals surface area contributed by atoms with E-state index in [2.05, 4.69) is 15.9 Å². The van der Waals surface area contributed by atoms with E-state index in [1.807, 2.05) is 41.3 Å². The van der Waals surface area contributed by atoms with Crippen molar-refractivity contribution < 1.29 is 29.0 Å². The second-order valence-electron chi connectivity index (χ2n) is 11.9. The number of benzene rings is 2. The fourth-order valence-electron chi connectivity index (χ4n) is 7.23. The first-order valence-electron chi connectivity index (χ1n) is 14.9. The molecule has 2 aromatic carbocycles. The van der Waals surface area contributed by atoms with Crippen LogP contribution in [-0.2, 0) is 27.3 Å². The Balaban J connectivity index is 1.37. The summed E-state index contributed by atoms with van der Waals surface area (Å²) < 4.78 is 7.49. The summed E-state index contributed by atoms with van der Waals surface area (Å²) in [6, 6.07) is 10.9. The fraction of sp³-hybridized carbons (Fsp3) is 0.500. The first-order chi connectivity index (χ1) is 20.2. The van der Waals surface area contributed by atoms with Gasteiger partial charge in [-0.05, 0) is 48.6 Å². The molecule has 10 heteroatoms. The molecule has 42 heavy (non-hydrogen) atoms. The van der Waals surface area contributed by atoms with E-state index in [4.69, 9.17) is 4.74 Å². The minimum absolute atomic E-state index is 0.0150. The van der Waals surface area contributed by atoms with E-state index < -0.39 is 23.8 Å². The zero-order valence-electron chi connectivity index (χ0n) is 23.8. The summed E-state index contributed by atoms with van der Waals surface area (Å²) in [5.74, 6) is -1.79. The highest BCUT2D eigenvalue weighted by molar-refractivity contribution is 9.10. The van der Waals surface area contributed by atoms with E-state index >= 15 is 0 Å². The molecule has 3 amide bonds. The van der Waals surface area contributed by atoms with Gasteiger partial charge in [-0.2, -0.15) is 0 Å². The van der Waals surface area contributed by atoms with Crippen molar-refractivity contribution in [1.82, 2.24) is 14.7 Å². The molecule has 3 aliphatic heterocycles. The summed E-state index contributed by atoms with van der Waals surface area (Å²) in [5.41, 5.74) is 3.52. The van der Waals surface area contributed by atoms with Crippen LogP contribution in [0.15, 0.2) is 40.9 Å². The molecule has 1 saturated heterocycles. The molecule has 2 fully saturated rings. The minimum atomic E-state index is -0.921. The van der Waals surface area contributed by atoms with Crippen molar-refractivity contribution in [3.8, 4) is 5.75 Å². The summed E-state index contributed by atoms with van der Waals surface area (Å²) in [6.45, 7) is 3.83. The number of amides is 3. The maximum atomic E-state index is 14.3. The molecule has 1 aliphatic carbocycles. The predicted molar refractivity (Wildman–Crippen MR) is 158 cm³/mol. The predicted octanol–water partition coefficient (Wildman–Crippen LogP) is 4.42. The average molecular weight is 639 g/mol. The van der Waals surface area contributed by atoms with E-state index in [9.17, 15) is 24.3 Å². The van der Waals surface area contributed by atoms with Gasteiger partial charge in [0.15, 0.2) is 0 Å². The lowest BCUT2D eigenvalue weighted by molar-refractivity contribution is -0.153. The quantitative estimate of drug-likeness (QED) is 0.502. The summed E-state index contributed by atoms with van der Waals surface area (Å²) in [6.07, 6.45) is 3.77. The van der Waals surface area contributed by atoms with Crippen LogP contribution in [0.25, 0.3) is 0 Å². The van der Waals surface area contributed by atoms with Gasteiger partial charge >= 0.3 is 5.97 Å². The molecule has 222 valence electrons. The first-order valence-corrected chi connectivity index (χ1v) is 15.7. The number of halogens is 1. The number of carboxylic acid groups (broad SMARTS) is 1. The van der Waals surface area contributed by atoms with Crippen molar-refractivity contribution in [2.75, 3.05) is 26.2 Å². The van der Waals surface area contributed by atoms with Gasteiger partial charge < -0.3 is 24.5 Å². The Morgan fingerprint density at radius 2 is 1.79 bits per heavy atom. The molecular weight excluding hydrogens is 602 g/mol. The number of aliphatic carboxylic acids is 1. The Bertz CT molecular complexity index is 1430. The maximum Gasteiger partial charge on any atom is 0.307 e. The maximum absolute atomic E-state index is 14.3. The van der Waals surface area contributed by atoms with Gasteiger partial charge in [0.05, 0.1) is 24.4 Å². The van der Waals surface area contributed by atoms with Crippen LogP contribution in [0.1, 0.15) is 72.1 Å². The average Bonchev–Trinajstić information content (AvgIpc) is 3.59. The molecule has 0 spiro atoms. The lowest BCUT2D eigenvalue weighted by Gasteiger charge is -2.43.